The van der Waals surface area contributed by atoms with E-state index in [2.05, 4.69) is 0 Å². The Hall–Kier alpha value is -0.330. The van der Waals surface area contributed by atoms with Crippen molar-refractivity contribution in [3.05, 3.63) is 0 Å². The van der Waals surface area contributed by atoms with Crippen molar-refractivity contribution in [3.63, 3.8) is 0 Å². The molecule has 1 heteroatoms. The quantitative estimate of drug-likeness (QED) is 0.326. The number of rotatable bonds is 1. The van der Waals surface area contributed by atoms with Gasteiger partial charge in [-0.05, 0) is 12.8 Å². The predicted octanol–water partition coefficient (Wildman–Crippen LogP) is 0.595. The summed E-state index contributed by atoms with van der Waals surface area (Å²) in [6, 6.07) is 0. The third-order valence-electron chi connectivity index (χ3n) is 0.814. The van der Waals surface area contributed by atoms with Gasteiger partial charge in [-0.25, -0.2) is 0 Å². The summed E-state index contributed by atoms with van der Waals surface area (Å²) in [5, 5.41) is 0. The Balaban J connectivity index is 2.21. The molecule has 0 radical (unpaired) electrons. The van der Waals surface area contributed by atoms with E-state index in [4.69, 9.17) is 0 Å². The van der Waals surface area contributed by atoms with Gasteiger partial charge < -0.3 is 4.79 Å². The number of carbonyl (C=O) groups is 1. The van der Waals surface area contributed by atoms with Crippen LogP contribution in [0.25, 0.3) is 0 Å². The minimum atomic E-state index is 0.454. The molecule has 0 bridgehead atoms. The van der Waals surface area contributed by atoms with Gasteiger partial charge in [0.15, 0.2) is 0 Å². The van der Waals surface area contributed by atoms with Gasteiger partial charge in [-0.1, -0.05) is 0 Å². The second kappa shape index (κ2) is 0.814. The maximum Gasteiger partial charge on any atom is 0.123 e. The first kappa shape index (κ1) is 2.88. The summed E-state index contributed by atoms with van der Waals surface area (Å²) >= 11 is 0. The summed E-state index contributed by atoms with van der Waals surface area (Å²) in [6.07, 6.45) is 3.31. The predicted molar refractivity (Wildman–Crippen MR) is 18.8 cm³/mol. The van der Waals surface area contributed by atoms with E-state index < -0.39 is 0 Å². The smallest absolute Gasteiger partial charge is 0.123 e. The molecule has 0 aliphatic heterocycles. The highest BCUT2D eigenvalue weighted by Gasteiger charge is 2.18. The van der Waals surface area contributed by atoms with Crippen molar-refractivity contribution in [1.29, 1.82) is 0 Å². The zero-order chi connectivity index (χ0) is 3.70. The monoisotopic (exact) mass is 71.0 g/mol. The van der Waals surface area contributed by atoms with Crippen LogP contribution in [0.15, 0.2) is 0 Å². The lowest BCUT2D eigenvalue weighted by atomic mass is 10.7. The Morgan fingerprint density at radius 1 is 1.60 bits per heavy atom. The van der Waals surface area contributed by atoms with Crippen molar-refractivity contribution >= 4 is 6.29 Å². The van der Waals surface area contributed by atoms with Gasteiger partial charge in [-0.2, -0.15) is 0 Å². The van der Waals surface area contributed by atoms with Crippen LogP contribution in [0.3, 0.4) is 0 Å². The average Bonchev–Trinajstić information content (AvgIpc) is 2.12. The van der Waals surface area contributed by atoms with E-state index >= 15 is 0 Å². The zero-order valence-corrected chi connectivity index (χ0v) is 2.98. The first-order valence-electron chi connectivity index (χ1n) is 1.89. The van der Waals surface area contributed by atoms with Crippen LogP contribution in [-0.4, -0.2) is 6.29 Å². The molecule has 1 aliphatic carbocycles. The van der Waals surface area contributed by atoms with Gasteiger partial charge in [-0.3, -0.25) is 0 Å². The van der Waals surface area contributed by atoms with Gasteiger partial charge in [0.1, 0.15) is 6.29 Å². The second-order valence-electron chi connectivity index (χ2n) is 1.47. The highest BCUT2D eigenvalue weighted by Crippen LogP contribution is 2.25. The number of hydrogen-bond donors (Lipinski definition) is 0. The highest BCUT2D eigenvalue weighted by molar-refractivity contribution is 5.56. The fourth-order valence-electron chi connectivity index (χ4n) is 0.232. The van der Waals surface area contributed by atoms with Crippen LogP contribution in [-0.2, 0) is 4.79 Å². The molecule has 28 valence electrons. The van der Waals surface area contributed by atoms with E-state index in [1.165, 1.54) is 0 Å². The van der Waals surface area contributed by atoms with Gasteiger partial charge in [0.2, 0.25) is 0 Å². The Bertz CT molecular complexity index is 45.6. The second-order valence-corrected chi connectivity index (χ2v) is 1.47. The molecule has 0 spiro atoms. The van der Waals surface area contributed by atoms with E-state index in [9.17, 15) is 4.79 Å². The normalized spacial score (nSPS) is 22.4. The topological polar surface area (TPSA) is 17.1 Å². The van der Waals surface area contributed by atoms with E-state index in [0.717, 1.165) is 19.1 Å². The van der Waals surface area contributed by atoms with E-state index in [1.54, 1.807) is 0 Å². The molecular weight excluding hydrogens is 65.0 g/mol. The Morgan fingerprint density at radius 2 is 2.20 bits per heavy atom. The third kappa shape index (κ3) is 0.469. The lowest BCUT2D eigenvalue weighted by Crippen LogP contribution is -1.66. The largest absolute Gasteiger partial charge is 0.303 e. The molecule has 1 rings (SSSR count). The molecule has 0 aromatic rings. The van der Waals surface area contributed by atoms with Crippen LogP contribution in [0.1, 0.15) is 12.8 Å². The SMILES string of the molecule is O=[13CH]C1CC1. The average molecular weight is 71.1 g/mol. The molecule has 0 N–H and O–H groups in total. The molecule has 0 unspecified atom stereocenters. The van der Waals surface area contributed by atoms with E-state index in [0.29, 0.717) is 5.92 Å². The summed E-state index contributed by atoms with van der Waals surface area (Å²) in [5.74, 6) is 0.454. The fraction of sp³-hybridized carbons (Fsp3) is 0.750. The van der Waals surface area contributed by atoms with Crippen LogP contribution < -0.4 is 0 Å². The lowest BCUT2D eigenvalue weighted by molar-refractivity contribution is -0.108. The molecule has 1 fully saturated rings. The zero-order valence-electron chi connectivity index (χ0n) is 2.98. The molecule has 5 heavy (non-hydrogen) atoms. The molecule has 0 amide bonds. The number of hydrogen-bond acceptors (Lipinski definition) is 1. The van der Waals surface area contributed by atoms with Gasteiger partial charge in [-0.15, -0.1) is 0 Å². The lowest BCUT2D eigenvalue weighted by Gasteiger charge is -1.56. The van der Waals surface area contributed by atoms with Crippen molar-refractivity contribution in [2.75, 3.05) is 0 Å². The first-order chi connectivity index (χ1) is 2.43. The summed E-state index contributed by atoms with van der Waals surface area (Å²) < 4.78 is 0. The number of carbonyl (C=O) groups excluding carboxylic acids is 1. The summed E-state index contributed by atoms with van der Waals surface area (Å²) in [5.41, 5.74) is 0. The van der Waals surface area contributed by atoms with Crippen molar-refractivity contribution < 1.29 is 4.79 Å². The van der Waals surface area contributed by atoms with E-state index in [1.807, 2.05) is 0 Å². The van der Waals surface area contributed by atoms with Crippen LogP contribution in [0.5, 0.6) is 0 Å². The first-order valence-corrected chi connectivity index (χ1v) is 1.89. The highest BCUT2D eigenvalue weighted by atomic mass is 16.2. The van der Waals surface area contributed by atoms with Crippen molar-refractivity contribution in [1.82, 2.24) is 0 Å². The summed E-state index contributed by atoms with van der Waals surface area (Å²) in [4.78, 5) is 9.57. The van der Waals surface area contributed by atoms with Gasteiger partial charge >= 0.3 is 0 Å². The standard InChI is InChI=1S/C4H6O/c5-3-4-1-2-4/h3-4H,1-2H2/i3+1. The van der Waals surface area contributed by atoms with Crippen LogP contribution in [0.4, 0.5) is 0 Å². The molecule has 1 nitrogen and oxygen atoms in total. The molecule has 0 atom stereocenters. The molecule has 1 aliphatic rings. The van der Waals surface area contributed by atoms with Gasteiger partial charge in [0.05, 0.1) is 0 Å². The Labute approximate surface area is 31.0 Å². The third-order valence-corrected chi connectivity index (χ3v) is 0.814. The fourth-order valence-corrected chi connectivity index (χ4v) is 0.232. The van der Waals surface area contributed by atoms with Gasteiger partial charge in [0, 0.05) is 5.92 Å². The molecule has 0 saturated heterocycles. The van der Waals surface area contributed by atoms with Gasteiger partial charge in [0.25, 0.3) is 0 Å². The minimum Gasteiger partial charge on any atom is -0.303 e. The summed E-state index contributed by atoms with van der Waals surface area (Å²) in [7, 11) is 0. The molecule has 0 aromatic carbocycles. The maximum atomic E-state index is 9.57. The minimum absolute atomic E-state index is 0.454. The van der Waals surface area contributed by atoms with Crippen LogP contribution in [0, 0.1) is 5.92 Å². The molecule has 0 heterocycles. The Kier molecular flexibility index (Phi) is 0.469. The van der Waals surface area contributed by atoms with Crippen LogP contribution >= 0.6 is 0 Å². The Morgan fingerprint density at radius 3 is 2.20 bits per heavy atom. The molecule has 0 aromatic heterocycles. The van der Waals surface area contributed by atoms with Crippen molar-refractivity contribution in [3.8, 4) is 0 Å². The molecule has 1 saturated carbocycles. The number of aldehydes is 1. The van der Waals surface area contributed by atoms with Crippen LogP contribution in [0.2, 0.25) is 0 Å². The maximum absolute atomic E-state index is 9.57. The van der Waals surface area contributed by atoms with Crippen molar-refractivity contribution in [2.24, 2.45) is 5.92 Å². The van der Waals surface area contributed by atoms with Crippen molar-refractivity contribution in [2.45, 2.75) is 12.8 Å². The summed E-state index contributed by atoms with van der Waals surface area (Å²) in [6.45, 7) is 0. The molecular formula is C4H6O. The van der Waals surface area contributed by atoms with E-state index in [-0.39, 0.29) is 0 Å².